The van der Waals surface area contributed by atoms with Gasteiger partial charge >= 0.3 is 5.97 Å². The van der Waals surface area contributed by atoms with Crippen molar-refractivity contribution < 1.29 is 9.53 Å². The Hall–Kier alpha value is -2.76. The first kappa shape index (κ1) is 19.0. The number of nitrogens with zero attached hydrogens (tertiary/aromatic N) is 1. The lowest BCUT2D eigenvalue weighted by Crippen LogP contribution is -2.25. The van der Waals surface area contributed by atoms with Crippen molar-refractivity contribution in [1.82, 2.24) is 4.98 Å². The summed E-state index contributed by atoms with van der Waals surface area (Å²) >= 11 is 0. The van der Waals surface area contributed by atoms with Gasteiger partial charge in [0, 0.05) is 0 Å². The normalized spacial score (nSPS) is 16.4. The fourth-order valence-electron chi connectivity index (χ4n) is 3.91. The Morgan fingerprint density at radius 1 is 1.07 bits per heavy atom. The zero-order chi connectivity index (χ0) is 19.2. The molecule has 0 aliphatic heterocycles. The molecule has 144 valence electrons. The molecule has 0 amide bonds. The molecule has 1 atom stereocenters. The van der Waals surface area contributed by atoms with E-state index in [1.165, 1.54) is 12.8 Å². The van der Waals surface area contributed by atoms with Crippen molar-refractivity contribution in [1.29, 1.82) is 0 Å². The van der Waals surface area contributed by atoms with Crippen molar-refractivity contribution in [2.75, 3.05) is 17.2 Å². The molecular weight excluding hydrogens is 340 g/mol. The highest BCUT2D eigenvalue weighted by Gasteiger charge is 2.34. The number of ether oxygens (including phenoxy) is 1. The van der Waals surface area contributed by atoms with Crippen LogP contribution in [0.5, 0.6) is 0 Å². The predicted molar refractivity (Wildman–Crippen MR) is 108 cm³/mol. The summed E-state index contributed by atoms with van der Waals surface area (Å²) in [4.78, 5) is 17.1. The number of carbonyl (C=O) groups is 1. The summed E-state index contributed by atoms with van der Waals surface area (Å²) in [5.41, 5.74) is 19.9. The predicted octanol–water partition coefficient (Wildman–Crippen LogP) is 3.63. The maximum absolute atomic E-state index is 13.1. The molecular formula is C21H28N4O2. The van der Waals surface area contributed by atoms with Crippen LogP contribution in [0, 0.1) is 5.92 Å². The van der Waals surface area contributed by atoms with Gasteiger partial charge < -0.3 is 21.9 Å². The van der Waals surface area contributed by atoms with Crippen molar-refractivity contribution in [2.45, 2.75) is 51.0 Å². The number of hydrogen-bond donors (Lipinski definition) is 3. The highest BCUT2D eigenvalue weighted by molar-refractivity contribution is 5.83. The molecule has 27 heavy (non-hydrogen) atoms. The van der Waals surface area contributed by atoms with Crippen LogP contribution in [0.2, 0.25) is 0 Å². The first-order valence-electron chi connectivity index (χ1n) is 9.58. The summed E-state index contributed by atoms with van der Waals surface area (Å²) in [5.74, 6) is -0.146. The van der Waals surface area contributed by atoms with Gasteiger partial charge in [0.05, 0.1) is 11.6 Å². The summed E-state index contributed by atoms with van der Waals surface area (Å²) in [7, 11) is 0. The van der Waals surface area contributed by atoms with E-state index < -0.39 is 5.92 Å². The maximum Gasteiger partial charge on any atom is 0.314 e. The molecule has 1 fully saturated rings. The molecule has 6 nitrogen and oxygen atoms in total. The summed E-state index contributed by atoms with van der Waals surface area (Å²) in [6.45, 7) is 0.235. The Kier molecular flexibility index (Phi) is 6.16. The van der Waals surface area contributed by atoms with Crippen molar-refractivity contribution in [2.24, 2.45) is 5.92 Å². The molecule has 6 heteroatoms. The number of aromatic nitrogens is 1. The molecule has 6 N–H and O–H groups in total. The second-order valence-corrected chi connectivity index (χ2v) is 7.26. The molecule has 1 saturated carbocycles. The highest BCUT2D eigenvalue weighted by atomic mass is 16.5. The van der Waals surface area contributed by atoms with Gasteiger partial charge in [0.25, 0.3) is 0 Å². The van der Waals surface area contributed by atoms with Crippen LogP contribution in [0.3, 0.4) is 0 Å². The fourth-order valence-corrected chi connectivity index (χ4v) is 3.91. The summed E-state index contributed by atoms with van der Waals surface area (Å²) in [6.07, 6.45) is 6.52. The third-order valence-corrected chi connectivity index (χ3v) is 5.32. The number of benzene rings is 1. The monoisotopic (exact) mass is 368 g/mol. The number of carbonyl (C=O) groups excluding carboxylic acids is 1. The van der Waals surface area contributed by atoms with Gasteiger partial charge in [0.15, 0.2) is 0 Å². The zero-order valence-corrected chi connectivity index (χ0v) is 15.6. The first-order chi connectivity index (χ1) is 13.1. The summed E-state index contributed by atoms with van der Waals surface area (Å²) < 4.78 is 5.68. The number of nitrogens with two attached hydrogens (primary N) is 3. The second kappa shape index (κ2) is 8.75. The van der Waals surface area contributed by atoms with Crippen molar-refractivity contribution >= 4 is 23.3 Å². The number of anilines is 3. The van der Waals surface area contributed by atoms with E-state index in [-0.39, 0.29) is 30.1 Å². The molecule has 2 aromatic rings. The van der Waals surface area contributed by atoms with Gasteiger partial charge in [-0.2, -0.15) is 0 Å². The van der Waals surface area contributed by atoms with E-state index in [1.54, 1.807) is 6.07 Å². The van der Waals surface area contributed by atoms with Crippen LogP contribution >= 0.6 is 0 Å². The minimum absolute atomic E-state index is 0.166. The smallest absolute Gasteiger partial charge is 0.314 e. The van der Waals surface area contributed by atoms with Crippen LogP contribution < -0.4 is 17.2 Å². The van der Waals surface area contributed by atoms with Crippen LogP contribution in [0.15, 0.2) is 36.4 Å². The van der Waals surface area contributed by atoms with Crippen LogP contribution in [-0.4, -0.2) is 11.0 Å². The number of rotatable bonds is 5. The molecule has 1 aliphatic carbocycles. The maximum atomic E-state index is 13.1. The summed E-state index contributed by atoms with van der Waals surface area (Å²) in [5, 5.41) is 0. The van der Waals surface area contributed by atoms with Gasteiger partial charge in [0.2, 0.25) is 0 Å². The van der Waals surface area contributed by atoms with Crippen LogP contribution in [0.25, 0.3) is 0 Å². The Balaban J connectivity index is 1.88. The van der Waals surface area contributed by atoms with E-state index in [1.807, 2.05) is 30.3 Å². The zero-order valence-electron chi connectivity index (χ0n) is 15.6. The average Bonchev–Trinajstić information content (AvgIpc) is 2.94. The minimum atomic E-state index is -0.473. The third kappa shape index (κ3) is 4.70. The molecule has 1 aliphatic rings. The molecule has 0 saturated heterocycles. The molecule has 1 aromatic carbocycles. The molecule has 1 heterocycles. The number of nitrogen functional groups attached to an aromatic ring is 3. The van der Waals surface area contributed by atoms with E-state index in [0.717, 1.165) is 31.2 Å². The van der Waals surface area contributed by atoms with Gasteiger partial charge in [-0.15, -0.1) is 0 Å². The van der Waals surface area contributed by atoms with E-state index in [0.29, 0.717) is 11.3 Å². The Labute approximate surface area is 160 Å². The number of hydrogen-bond acceptors (Lipinski definition) is 6. The van der Waals surface area contributed by atoms with Gasteiger partial charge in [-0.25, -0.2) is 4.98 Å². The average molecular weight is 368 g/mol. The standard InChI is InChI=1S/C21H28N4O2/c22-17-12-16(19(23)20(24)25-17)18(15-10-6-1-2-7-11-15)21(26)27-13-14-8-4-3-5-9-14/h3-5,8-9,12,15,18H,1-2,6-7,10-11,13,23H2,(H4,22,24,25). The Morgan fingerprint density at radius 2 is 1.74 bits per heavy atom. The number of esters is 1. The minimum Gasteiger partial charge on any atom is -0.460 e. The van der Waals surface area contributed by atoms with E-state index in [9.17, 15) is 4.79 Å². The molecule has 0 spiro atoms. The second-order valence-electron chi connectivity index (χ2n) is 7.26. The summed E-state index contributed by atoms with van der Waals surface area (Å²) in [6, 6.07) is 11.3. The lowest BCUT2D eigenvalue weighted by molar-refractivity contribution is -0.148. The third-order valence-electron chi connectivity index (χ3n) is 5.32. The Morgan fingerprint density at radius 3 is 2.41 bits per heavy atom. The number of pyridine rings is 1. The van der Waals surface area contributed by atoms with E-state index in [2.05, 4.69) is 4.98 Å². The molecule has 3 rings (SSSR count). The van der Waals surface area contributed by atoms with Gasteiger partial charge in [-0.3, -0.25) is 4.79 Å². The lowest BCUT2D eigenvalue weighted by atomic mass is 9.81. The molecule has 1 unspecified atom stereocenters. The lowest BCUT2D eigenvalue weighted by Gasteiger charge is -2.26. The molecule has 1 aromatic heterocycles. The van der Waals surface area contributed by atoms with Crippen LogP contribution in [-0.2, 0) is 16.1 Å². The Bertz CT molecular complexity index is 771. The van der Waals surface area contributed by atoms with E-state index >= 15 is 0 Å². The van der Waals surface area contributed by atoms with E-state index in [4.69, 9.17) is 21.9 Å². The van der Waals surface area contributed by atoms with Crippen molar-refractivity contribution in [3.8, 4) is 0 Å². The van der Waals surface area contributed by atoms with Crippen LogP contribution in [0.4, 0.5) is 17.3 Å². The molecule has 0 radical (unpaired) electrons. The topological polar surface area (TPSA) is 117 Å². The van der Waals surface area contributed by atoms with Gasteiger partial charge in [-0.1, -0.05) is 56.0 Å². The quantitative estimate of drug-likeness (QED) is 0.548. The van der Waals surface area contributed by atoms with Crippen molar-refractivity contribution in [3.05, 3.63) is 47.5 Å². The van der Waals surface area contributed by atoms with Gasteiger partial charge in [0.1, 0.15) is 18.2 Å². The SMILES string of the molecule is Nc1cc(C(C(=O)OCc2ccccc2)C2CCCCCC2)c(N)c(N)n1. The van der Waals surface area contributed by atoms with Crippen molar-refractivity contribution in [3.63, 3.8) is 0 Å². The fraction of sp³-hybridized carbons (Fsp3) is 0.429. The highest BCUT2D eigenvalue weighted by Crippen LogP contribution is 2.40. The first-order valence-corrected chi connectivity index (χ1v) is 9.58. The van der Waals surface area contributed by atoms with Crippen LogP contribution in [0.1, 0.15) is 55.6 Å². The molecule has 0 bridgehead atoms. The largest absolute Gasteiger partial charge is 0.460 e. The van der Waals surface area contributed by atoms with Gasteiger partial charge in [-0.05, 0) is 36.0 Å².